The van der Waals surface area contributed by atoms with Crippen LogP contribution in [0.3, 0.4) is 0 Å². The standard InChI is InChI=1S/C21H24O7/c1-2-12-3-6-14(7-4-12)27-15-8-5-13-11-26-21(16(13)9-15)20(25)19(24)18(23)17(10-22)28-21/h3-9,17-20,22-25H,2,10-11H2,1H3/t17-,18-,19+,20-,21+/m1/s1. The Balaban J connectivity index is 1.66. The van der Waals surface area contributed by atoms with E-state index in [0.29, 0.717) is 17.1 Å². The fraction of sp³-hybridized carbons (Fsp3) is 0.429. The molecule has 2 aliphatic heterocycles. The van der Waals surface area contributed by atoms with Crippen molar-refractivity contribution in [2.45, 2.75) is 50.2 Å². The molecule has 4 N–H and O–H groups in total. The Hall–Kier alpha value is -2.00. The van der Waals surface area contributed by atoms with E-state index in [4.69, 9.17) is 14.2 Å². The second kappa shape index (κ2) is 7.44. The van der Waals surface area contributed by atoms with Crippen LogP contribution < -0.4 is 4.74 Å². The van der Waals surface area contributed by atoms with Gasteiger partial charge in [-0.15, -0.1) is 0 Å². The molecule has 1 spiro atoms. The van der Waals surface area contributed by atoms with Crippen LogP contribution in [0, 0.1) is 0 Å². The molecule has 0 radical (unpaired) electrons. The van der Waals surface area contributed by atoms with Crippen LogP contribution in [0.25, 0.3) is 0 Å². The summed E-state index contributed by atoms with van der Waals surface area (Å²) in [6, 6.07) is 13.0. The number of rotatable bonds is 4. The van der Waals surface area contributed by atoms with Crippen LogP contribution in [0.5, 0.6) is 11.5 Å². The van der Waals surface area contributed by atoms with Gasteiger partial charge in [0.15, 0.2) is 0 Å². The van der Waals surface area contributed by atoms with E-state index < -0.39 is 36.8 Å². The third-order valence-electron chi connectivity index (χ3n) is 5.42. The molecule has 0 unspecified atom stereocenters. The van der Waals surface area contributed by atoms with Gasteiger partial charge in [0.2, 0.25) is 5.79 Å². The molecular formula is C21H24O7. The van der Waals surface area contributed by atoms with E-state index in [0.717, 1.165) is 12.0 Å². The summed E-state index contributed by atoms with van der Waals surface area (Å²) < 4.78 is 17.4. The van der Waals surface area contributed by atoms with Crippen LogP contribution in [-0.2, 0) is 28.3 Å². The molecule has 0 amide bonds. The van der Waals surface area contributed by atoms with Crippen LogP contribution in [0.4, 0.5) is 0 Å². The van der Waals surface area contributed by atoms with Gasteiger partial charge >= 0.3 is 0 Å². The van der Waals surface area contributed by atoms with Gasteiger partial charge in [0.25, 0.3) is 0 Å². The van der Waals surface area contributed by atoms with Crippen LogP contribution >= 0.6 is 0 Å². The number of aliphatic hydroxyl groups is 4. The average Bonchev–Trinajstić information content (AvgIpc) is 3.08. The molecule has 2 aliphatic rings. The predicted octanol–water partition coefficient (Wildman–Crippen LogP) is 1.20. The summed E-state index contributed by atoms with van der Waals surface area (Å²) >= 11 is 0. The lowest BCUT2D eigenvalue weighted by molar-refractivity contribution is -0.368. The van der Waals surface area contributed by atoms with Crippen LogP contribution in [-0.4, -0.2) is 51.4 Å². The molecule has 0 saturated carbocycles. The van der Waals surface area contributed by atoms with E-state index >= 15 is 0 Å². The van der Waals surface area contributed by atoms with Gasteiger partial charge in [-0.25, -0.2) is 0 Å². The first kappa shape index (κ1) is 19.3. The van der Waals surface area contributed by atoms with Gasteiger partial charge in [-0.1, -0.05) is 25.1 Å². The number of benzene rings is 2. The van der Waals surface area contributed by atoms with Crippen LogP contribution in [0.15, 0.2) is 42.5 Å². The number of ether oxygens (including phenoxy) is 3. The fourth-order valence-corrected chi connectivity index (χ4v) is 3.74. The largest absolute Gasteiger partial charge is 0.457 e. The van der Waals surface area contributed by atoms with Crippen molar-refractivity contribution < 1.29 is 34.6 Å². The lowest BCUT2D eigenvalue weighted by atomic mass is 9.87. The van der Waals surface area contributed by atoms with Crippen molar-refractivity contribution in [3.8, 4) is 11.5 Å². The molecule has 1 saturated heterocycles. The average molecular weight is 388 g/mol. The quantitative estimate of drug-likeness (QED) is 0.623. The molecular weight excluding hydrogens is 364 g/mol. The monoisotopic (exact) mass is 388 g/mol. The second-order valence-electron chi connectivity index (χ2n) is 7.14. The smallest absolute Gasteiger partial charge is 0.225 e. The van der Waals surface area contributed by atoms with E-state index in [1.54, 1.807) is 18.2 Å². The third-order valence-corrected chi connectivity index (χ3v) is 5.42. The lowest BCUT2D eigenvalue weighted by Gasteiger charge is -2.46. The first-order valence-electron chi connectivity index (χ1n) is 9.35. The minimum absolute atomic E-state index is 0.166. The first-order chi connectivity index (χ1) is 13.5. The predicted molar refractivity (Wildman–Crippen MR) is 98.8 cm³/mol. The molecule has 1 fully saturated rings. The normalized spacial score (nSPS) is 31.8. The zero-order valence-corrected chi connectivity index (χ0v) is 15.5. The number of aryl methyl sites for hydroxylation is 1. The molecule has 2 aromatic rings. The molecule has 7 heteroatoms. The Morgan fingerprint density at radius 2 is 1.75 bits per heavy atom. The summed E-state index contributed by atoms with van der Waals surface area (Å²) in [5.74, 6) is -0.490. The molecule has 4 rings (SSSR count). The summed E-state index contributed by atoms with van der Waals surface area (Å²) in [6.45, 7) is 1.72. The zero-order chi connectivity index (χ0) is 19.9. The Labute approximate surface area is 162 Å². The number of aliphatic hydroxyl groups excluding tert-OH is 4. The fourth-order valence-electron chi connectivity index (χ4n) is 3.74. The van der Waals surface area contributed by atoms with Crippen molar-refractivity contribution in [2.24, 2.45) is 0 Å². The van der Waals surface area contributed by atoms with Crippen molar-refractivity contribution in [3.63, 3.8) is 0 Å². The third kappa shape index (κ3) is 3.10. The van der Waals surface area contributed by atoms with E-state index in [1.807, 2.05) is 24.3 Å². The van der Waals surface area contributed by atoms with E-state index in [-0.39, 0.29) is 6.61 Å². The number of fused-ring (bicyclic) bond motifs is 2. The van der Waals surface area contributed by atoms with Crippen LogP contribution in [0.2, 0.25) is 0 Å². The highest BCUT2D eigenvalue weighted by Crippen LogP contribution is 2.47. The number of hydrogen-bond acceptors (Lipinski definition) is 7. The maximum atomic E-state index is 10.6. The Bertz CT molecular complexity index is 835. The highest BCUT2D eigenvalue weighted by atomic mass is 16.7. The SMILES string of the molecule is CCc1ccc(Oc2ccc3c(c2)[C@]2(OC3)O[C@H](CO)[C@@H](O)[C@H](O)[C@H]2O)cc1. The minimum atomic E-state index is -1.67. The molecule has 2 heterocycles. The van der Waals surface area contributed by atoms with Gasteiger partial charge < -0.3 is 34.6 Å². The first-order valence-corrected chi connectivity index (χ1v) is 9.35. The molecule has 150 valence electrons. The Morgan fingerprint density at radius 3 is 2.43 bits per heavy atom. The maximum absolute atomic E-state index is 10.6. The van der Waals surface area contributed by atoms with E-state index in [1.165, 1.54) is 5.56 Å². The molecule has 7 nitrogen and oxygen atoms in total. The van der Waals surface area contributed by atoms with E-state index in [2.05, 4.69) is 6.92 Å². The summed E-state index contributed by atoms with van der Waals surface area (Å²) in [5.41, 5.74) is 2.48. The maximum Gasteiger partial charge on any atom is 0.225 e. The van der Waals surface area contributed by atoms with Crippen molar-refractivity contribution in [1.29, 1.82) is 0 Å². The van der Waals surface area contributed by atoms with Gasteiger partial charge in [-0.2, -0.15) is 0 Å². The van der Waals surface area contributed by atoms with Gasteiger partial charge in [-0.05, 0) is 41.8 Å². The van der Waals surface area contributed by atoms with Gasteiger partial charge in [0.05, 0.1) is 13.2 Å². The molecule has 2 aromatic carbocycles. The summed E-state index contributed by atoms with van der Waals surface area (Å²) in [7, 11) is 0. The van der Waals surface area contributed by atoms with Gasteiger partial charge in [0.1, 0.15) is 35.9 Å². The van der Waals surface area contributed by atoms with Crippen LogP contribution in [0.1, 0.15) is 23.6 Å². The minimum Gasteiger partial charge on any atom is -0.457 e. The number of hydrogen-bond donors (Lipinski definition) is 4. The summed E-state index contributed by atoms with van der Waals surface area (Å²) in [4.78, 5) is 0. The molecule has 0 aliphatic carbocycles. The zero-order valence-electron chi connectivity index (χ0n) is 15.5. The van der Waals surface area contributed by atoms with Crippen molar-refractivity contribution >= 4 is 0 Å². The topological polar surface area (TPSA) is 109 Å². The molecule has 0 bridgehead atoms. The van der Waals surface area contributed by atoms with Crippen molar-refractivity contribution in [2.75, 3.05) is 6.61 Å². The van der Waals surface area contributed by atoms with Gasteiger partial charge in [0, 0.05) is 5.56 Å². The highest BCUT2D eigenvalue weighted by Gasteiger charge is 2.58. The van der Waals surface area contributed by atoms with E-state index in [9.17, 15) is 20.4 Å². The highest BCUT2D eigenvalue weighted by molar-refractivity contribution is 5.43. The summed E-state index contributed by atoms with van der Waals surface area (Å²) in [5, 5.41) is 40.4. The second-order valence-corrected chi connectivity index (χ2v) is 7.14. The Morgan fingerprint density at radius 1 is 1.04 bits per heavy atom. The van der Waals surface area contributed by atoms with Crippen molar-refractivity contribution in [3.05, 3.63) is 59.2 Å². The lowest BCUT2D eigenvalue weighted by Crippen LogP contribution is -2.63. The Kier molecular flexibility index (Phi) is 5.13. The molecule has 28 heavy (non-hydrogen) atoms. The summed E-state index contributed by atoms with van der Waals surface area (Å²) in [6.07, 6.45) is -4.62. The molecule has 0 aromatic heterocycles. The van der Waals surface area contributed by atoms with Gasteiger partial charge in [-0.3, -0.25) is 0 Å². The van der Waals surface area contributed by atoms with Crippen molar-refractivity contribution in [1.82, 2.24) is 0 Å². The molecule has 5 atom stereocenters.